The number of hydrogen-bond acceptors (Lipinski definition) is 2. The lowest BCUT2D eigenvalue weighted by Gasteiger charge is -2.18. The average molecular weight is 247 g/mol. The minimum atomic E-state index is 0.653. The fourth-order valence-corrected chi connectivity index (χ4v) is 4.06. The number of rotatable bonds is 5. The van der Waals surface area contributed by atoms with E-state index >= 15 is 0 Å². The largest absolute Gasteiger partial charge is 0.316 e. The summed E-state index contributed by atoms with van der Waals surface area (Å²) in [5.41, 5.74) is 2.61. The van der Waals surface area contributed by atoms with Crippen LogP contribution in [0.5, 0.6) is 0 Å². The Morgan fingerprint density at radius 2 is 2.17 bits per heavy atom. The normalized spacial score (nSPS) is 31.4. The molecule has 18 heavy (non-hydrogen) atoms. The lowest BCUT2D eigenvalue weighted by Crippen LogP contribution is -2.32. The van der Waals surface area contributed by atoms with E-state index in [9.17, 15) is 0 Å². The van der Waals surface area contributed by atoms with Gasteiger partial charge in [-0.05, 0) is 50.1 Å². The summed E-state index contributed by atoms with van der Waals surface area (Å²) in [6.45, 7) is 2.17. The first kappa shape index (κ1) is 12.2. The number of nitrogens with zero attached hydrogens (tertiary/aromatic N) is 2. The molecule has 2 aliphatic rings. The maximum absolute atomic E-state index is 4.56. The van der Waals surface area contributed by atoms with Crippen LogP contribution in [-0.2, 0) is 19.9 Å². The molecule has 1 aromatic rings. The van der Waals surface area contributed by atoms with Crippen LogP contribution in [0.15, 0.2) is 6.07 Å². The van der Waals surface area contributed by atoms with Crippen LogP contribution in [0.25, 0.3) is 0 Å². The molecule has 3 atom stereocenters. The molecule has 1 N–H and O–H groups in total. The molecule has 0 spiro atoms. The van der Waals surface area contributed by atoms with Crippen molar-refractivity contribution in [2.24, 2.45) is 24.8 Å². The summed E-state index contributed by atoms with van der Waals surface area (Å²) in [4.78, 5) is 0. The third-order valence-electron chi connectivity index (χ3n) is 5.13. The van der Waals surface area contributed by atoms with E-state index in [4.69, 9.17) is 0 Å². The summed E-state index contributed by atoms with van der Waals surface area (Å²) in [6.07, 6.45) is 6.58. The van der Waals surface area contributed by atoms with Crippen LogP contribution in [0.3, 0.4) is 0 Å². The van der Waals surface area contributed by atoms with Crippen LogP contribution >= 0.6 is 0 Å². The molecule has 0 aliphatic heterocycles. The fraction of sp³-hybridized carbons (Fsp3) is 0.800. The first-order valence-corrected chi connectivity index (χ1v) is 7.43. The third-order valence-corrected chi connectivity index (χ3v) is 5.13. The van der Waals surface area contributed by atoms with Crippen molar-refractivity contribution in [2.75, 3.05) is 7.05 Å². The fourth-order valence-electron chi connectivity index (χ4n) is 4.06. The summed E-state index contributed by atoms with van der Waals surface area (Å²) >= 11 is 0. The number of likely N-dealkylation sites (N-methyl/N-ethyl adjacent to an activating group) is 1. The molecule has 0 bridgehead atoms. The van der Waals surface area contributed by atoms with E-state index < -0.39 is 0 Å². The zero-order chi connectivity index (χ0) is 12.7. The zero-order valence-corrected chi connectivity index (χ0v) is 11.8. The number of nitrogens with one attached hydrogen (secondary N) is 1. The molecule has 2 aliphatic carbocycles. The predicted octanol–water partition coefficient (Wildman–Crippen LogP) is 2.16. The second kappa shape index (κ2) is 4.69. The van der Waals surface area contributed by atoms with Gasteiger partial charge in [-0.3, -0.25) is 4.68 Å². The lowest BCUT2D eigenvalue weighted by molar-refractivity contribution is 0.420. The molecule has 0 aromatic carbocycles. The van der Waals surface area contributed by atoms with Gasteiger partial charge in [-0.2, -0.15) is 5.10 Å². The van der Waals surface area contributed by atoms with Gasteiger partial charge in [-0.1, -0.05) is 13.3 Å². The standard InChI is InChI=1S/C15H25N3/c1-4-10-8-11(18(3)17-10)9-14(16-2)15-12-6-5-7-13(12)15/h8,12-16H,4-7,9H2,1-3H3. The van der Waals surface area contributed by atoms with Gasteiger partial charge < -0.3 is 5.32 Å². The van der Waals surface area contributed by atoms with E-state index in [1.807, 2.05) is 0 Å². The molecule has 1 aromatic heterocycles. The van der Waals surface area contributed by atoms with Crippen molar-refractivity contribution in [3.8, 4) is 0 Å². The Hall–Kier alpha value is -0.830. The maximum Gasteiger partial charge on any atom is 0.0624 e. The van der Waals surface area contributed by atoms with Gasteiger partial charge in [0.05, 0.1) is 5.69 Å². The molecule has 3 unspecified atom stereocenters. The van der Waals surface area contributed by atoms with Gasteiger partial charge in [0.25, 0.3) is 0 Å². The predicted molar refractivity (Wildman–Crippen MR) is 73.5 cm³/mol. The van der Waals surface area contributed by atoms with Crippen molar-refractivity contribution in [1.82, 2.24) is 15.1 Å². The Labute approximate surface area is 110 Å². The number of aromatic nitrogens is 2. The van der Waals surface area contributed by atoms with Gasteiger partial charge in [-0.15, -0.1) is 0 Å². The first-order valence-electron chi connectivity index (χ1n) is 7.43. The van der Waals surface area contributed by atoms with Crippen molar-refractivity contribution >= 4 is 0 Å². The Kier molecular flexibility index (Phi) is 3.18. The SMILES string of the molecule is CCc1cc(CC(NC)C2C3CCCC32)n(C)n1. The Balaban J connectivity index is 1.68. The highest BCUT2D eigenvalue weighted by Crippen LogP contribution is 2.59. The monoisotopic (exact) mass is 247 g/mol. The molecule has 100 valence electrons. The molecule has 3 rings (SSSR count). The molecule has 0 amide bonds. The summed E-state index contributed by atoms with van der Waals surface area (Å²) in [5.74, 6) is 2.99. The van der Waals surface area contributed by atoms with Gasteiger partial charge in [0.2, 0.25) is 0 Å². The van der Waals surface area contributed by atoms with Gasteiger partial charge in [0, 0.05) is 25.2 Å². The maximum atomic E-state index is 4.56. The Bertz CT molecular complexity index is 413. The van der Waals surface area contributed by atoms with Crippen LogP contribution in [0.1, 0.15) is 37.6 Å². The molecule has 2 fully saturated rings. The quantitative estimate of drug-likeness (QED) is 0.864. The highest BCUT2D eigenvalue weighted by molar-refractivity contribution is 5.15. The second-order valence-corrected chi connectivity index (χ2v) is 6.04. The van der Waals surface area contributed by atoms with Crippen molar-refractivity contribution in [3.05, 3.63) is 17.5 Å². The van der Waals surface area contributed by atoms with Crippen molar-refractivity contribution in [2.45, 2.75) is 45.1 Å². The highest BCUT2D eigenvalue weighted by Gasteiger charge is 2.55. The van der Waals surface area contributed by atoms with E-state index in [0.29, 0.717) is 6.04 Å². The number of fused-ring (bicyclic) bond motifs is 1. The molecule has 1 heterocycles. The Morgan fingerprint density at radius 1 is 1.44 bits per heavy atom. The van der Waals surface area contributed by atoms with Crippen molar-refractivity contribution in [1.29, 1.82) is 0 Å². The Morgan fingerprint density at radius 3 is 2.72 bits per heavy atom. The van der Waals surface area contributed by atoms with Gasteiger partial charge in [0.15, 0.2) is 0 Å². The summed E-state index contributed by atoms with van der Waals surface area (Å²) in [5, 5.41) is 8.11. The van der Waals surface area contributed by atoms with Crippen LogP contribution in [0.2, 0.25) is 0 Å². The van der Waals surface area contributed by atoms with Crippen LogP contribution in [-0.4, -0.2) is 22.9 Å². The van der Waals surface area contributed by atoms with Gasteiger partial charge in [-0.25, -0.2) is 0 Å². The van der Waals surface area contributed by atoms with Crippen LogP contribution < -0.4 is 5.32 Å². The van der Waals surface area contributed by atoms with E-state index in [1.165, 1.54) is 30.7 Å². The van der Waals surface area contributed by atoms with E-state index in [-0.39, 0.29) is 0 Å². The summed E-state index contributed by atoms with van der Waals surface area (Å²) in [7, 11) is 4.20. The molecule has 0 saturated heterocycles. The van der Waals surface area contributed by atoms with Gasteiger partial charge >= 0.3 is 0 Å². The van der Waals surface area contributed by atoms with Gasteiger partial charge in [0.1, 0.15) is 0 Å². The molecule has 3 nitrogen and oxygen atoms in total. The highest BCUT2D eigenvalue weighted by atomic mass is 15.3. The molecule has 2 saturated carbocycles. The van der Waals surface area contributed by atoms with E-state index in [2.05, 4.69) is 42.2 Å². The average Bonchev–Trinajstić information content (AvgIpc) is 2.76. The van der Waals surface area contributed by atoms with E-state index in [1.54, 1.807) is 0 Å². The molecule has 0 radical (unpaired) electrons. The zero-order valence-electron chi connectivity index (χ0n) is 11.8. The first-order chi connectivity index (χ1) is 8.74. The number of aryl methyl sites for hydroxylation is 2. The molecular formula is C15H25N3. The van der Waals surface area contributed by atoms with E-state index in [0.717, 1.165) is 30.6 Å². The second-order valence-electron chi connectivity index (χ2n) is 6.04. The van der Waals surface area contributed by atoms with Crippen LogP contribution in [0.4, 0.5) is 0 Å². The molecule has 3 heteroatoms. The minimum Gasteiger partial charge on any atom is -0.316 e. The number of hydrogen-bond donors (Lipinski definition) is 1. The summed E-state index contributed by atoms with van der Waals surface area (Å²) in [6, 6.07) is 2.93. The topological polar surface area (TPSA) is 29.9 Å². The third kappa shape index (κ3) is 1.99. The smallest absolute Gasteiger partial charge is 0.0624 e. The summed E-state index contributed by atoms with van der Waals surface area (Å²) < 4.78 is 2.07. The van der Waals surface area contributed by atoms with Crippen LogP contribution in [0, 0.1) is 17.8 Å². The lowest BCUT2D eigenvalue weighted by atomic mass is 9.99. The minimum absolute atomic E-state index is 0.653. The van der Waals surface area contributed by atoms with Crippen molar-refractivity contribution < 1.29 is 0 Å². The van der Waals surface area contributed by atoms with Crippen molar-refractivity contribution in [3.63, 3.8) is 0 Å². The molecular weight excluding hydrogens is 222 g/mol.